The van der Waals surface area contributed by atoms with Gasteiger partial charge in [-0.15, -0.1) is 0 Å². The number of hydrogen-bond donors (Lipinski definition) is 1. The van der Waals surface area contributed by atoms with Gasteiger partial charge in [0, 0.05) is 50.6 Å². The molecule has 4 rings (SSSR count). The number of hydrogen-bond acceptors (Lipinski definition) is 6. The Balaban J connectivity index is 1.74. The molecule has 0 unspecified atom stereocenters. The molecule has 1 N–H and O–H groups in total. The number of fused-ring (bicyclic) bond motifs is 3. The Morgan fingerprint density at radius 2 is 2.16 bits per heavy atom. The molecule has 3 aliphatic rings. The van der Waals surface area contributed by atoms with E-state index in [2.05, 4.69) is 5.10 Å². The summed E-state index contributed by atoms with van der Waals surface area (Å²) in [5.41, 5.74) is -0.916. The van der Waals surface area contributed by atoms with E-state index in [0.29, 0.717) is 45.8 Å². The summed E-state index contributed by atoms with van der Waals surface area (Å²) in [5.74, 6) is -0.464. The van der Waals surface area contributed by atoms with Gasteiger partial charge in [0.15, 0.2) is 5.03 Å². The molecule has 0 aromatic carbocycles. The lowest BCUT2D eigenvalue weighted by Crippen LogP contribution is -2.68. The van der Waals surface area contributed by atoms with Crippen LogP contribution < -0.4 is 0 Å². The summed E-state index contributed by atoms with van der Waals surface area (Å²) in [6.07, 6.45) is 2.64. The summed E-state index contributed by atoms with van der Waals surface area (Å²) in [7, 11) is -3.70. The van der Waals surface area contributed by atoms with E-state index in [1.54, 1.807) is 10.4 Å². The molecule has 0 bridgehead atoms. The molecule has 25 heavy (non-hydrogen) atoms. The molecule has 8 nitrogen and oxygen atoms in total. The second-order valence-corrected chi connectivity index (χ2v) is 8.95. The Labute approximate surface area is 147 Å². The highest BCUT2D eigenvalue weighted by atomic mass is 32.2. The van der Waals surface area contributed by atoms with Gasteiger partial charge in [-0.2, -0.15) is 9.40 Å². The molecule has 3 fully saturated rings. The maximum Gasteiger partial charge on any atom is 0.260 e. The van der Waals surface area contributed by atoms with Crippen molar-refractivity contribution < 1.29 is 23.0 Å². The summed E-state index contributed by atoms with van der Waals surface area (Å²) in [6.45, 7) is 4.41. The Hall–Kier alpha value is -1.00. The van der Waals surface area contributed by atoms with E-state index in [-0.39, 0.29) is 29.4 Å². The summed E-state index contributed by atoms with van der Waals surface area (Å²) < 4.78 is 40.9. The minimum Gasteiger partial charge on any atom is -0.389 e. The van der Waals surface area contributed by atoms with Crippen LogP contribution in [-0.4, -0.2) is 72.2 Å². The third-order valence-electron chi connectivity index (χ3n) is 5.96. The third kappa shape index (κ3) is 2.64. The van der Waals surface area contributed by atoms with E-state index in [1.807, 2.05) is 6.92 Å². The highest BCUT2D eigenvalue weighted by Crippen LogP contribution is 2.45. The molecular weight excluding hydrogens is 346 g/mol. The Kier molecular flexibility index (Phi) is 4.40. The average molecular weight is 371 g/mol. The molecule has 3 aliphatic heterocycles. The van der Waals surface area contributed by atoms with Gasteiger partial charge in [0.05, 0.1) is 25.0 Å². The first-order valence-electron chi connectivity index (χ1n) is 8.90. The van der Waals surface area contributed by atoms with Gasteiger partial charge in [-0.1, -0.05) is 0 Å². The summed E-state index contributed by atoms with van der Waals surface area (Å²) >= 11 is 0. The Bertz CT molecular complexity index is 736. The predicted octanol–water partition coefficient (Wildman–Crippen LogP) is 0.0800. The van der Waals surface area contributed by atoms with Crippen LogP contribution in [0.1, 0.15) is 19.8 Å². The standard InChI is InChI=1S/C16H25N3O5S/c1-2-18-15(3-6-17-18)25(21,22)19-9-12-10-24-8-5-16(12,20)13-11-23-7-4-14(13)19/h3,6,12-14,20H,2,4-5,7-11H2,1H3/t12-,13+,14-,16-/m0/s1. The molecule has 1 aromatic rings. The topological polar surface area (TPSA) is 93.9 Å². The van der Waals surface area contributed by atoms with Crippen molar-refractivity contribution in [2.75, 3.05) is 33.0 Å². The van der Waals surface area contributed by atoms with Crippen LogP contribution in [0.5, 0.6) is 0 Å². The van der Waals surface area contributed by atoms with E-state index < -0.39 is 15.6 Å². The lowest BCUT2D eigenvalue weighted by molar-refractivity contribution is -0.207. The minimum absolute atomic E-state index is 0.211. The molecule has 3 saturated heterocycles. The predicted molar refractivity (Wildman–Crippen MR) is 88.4 cm³/mol. The van der Waals surface area contributed by atoms with Crippen LogP contribution in [0.25, 0.3) is 0 Å². The molecule has 1 aromatic heterocycles. The van der Waals surface area contributed by atoms with E-state index in [9.17, 15) is 13.5 Å². The smallest absolute Gasteiger partial charge is 0.260 e. The first kappa shape index (κ1) is 17.4. The van der Waals surface area contributed by atoms with Crippen LogP contribution in [0.4, 0.5) is 0 Å². The second kappa shape index (κ2) is 6.31. The third-order valence-corrected chi connectivity index (χ3v) is 7.87. The highest BCUT2D eigenvalue weighted by Gasteiger charge is 2.57. The zero-order chi connectivity index (χ0) is 17.7. The SMILES string of the molecule is CCn1nccc1S(=O)(=O)N1C[C@H]2COCC[C@@]2(O)[C@@H]2COCC[C@@H]21. The average Bonchev–Trinajstić information content (AvgIpc) is 3.11. The number of aliphatic hydroxyl groups is 1. The number of nitrogens with zero attached hydrogens (tertiary/aromatic N) is 3. The number of sulfonamides is 1. The van der Waals surface area contributed by atoms with Crippen LogP contribution in [0.3, 0.4) is 0 Å². The maximum atomic E-state index is 13.4. The fraction of sp³-hybridized carbons (Fsp3) is 0.812. The van der Waals surface area contributed by atoms with Crippen molar-refractivity contribution in [1.29, 1.82) is 0 Å². The van der Waals surface area contributed by atoms with Crippen LogP contribution in [0.15, 0.2) is 17.3 Å². The molecule has 0 radical (unpaired) electrons. The first-order chi connectivity index (χ1) is 12.0. The van der Waals surface area contributed by atoms with Crippen molar-refractivity contribution in [2.45, 2.75) is 43.0 Å². The van der Waals surface area contributed by atoms with Crippen molar-refractivity contribution in [3.8, 4) is 0 Å². The molecule has 0 spiro atoms. The molecule has 9 heteroatoms. The number of aryl methyl sites for hydroxylation is 1. The van der Waals surface area contributed by atoms with Crippen LogP contribution >= 0.6 is 0 Å². The van der Waals surface area contributed by atoms with E-state index in [1.165, 1.54) is 10.9 Å². The maximum absolute atomic E-state index is 13.4. The Morgan fingerprint density at radius 3 is 2.96 bits per heavy atom. The minimum atomic E-state index is -3.70. The quantitative estimate of drug-likeness (QED) is 0.809. The number of rotatable bonds is 3. The van der Waals surface area contributed by atoms with Gasteiger partial charge in [0.2, 0.25) is 0 Å². The van der Waals surface area contributed by atoms with Gasteiger partial charge in [0.25, 0.3) is 10.0 Å². The van der Waals surface area contributed by atoms with Gasteiger partial charge in [-0.25, -0.2) is 8.42 Å². The molecular formula is C16H25N3O5S. The zero-order valence-electron chi connectivity index (χ0n) is 14.4. The molecule has 0 saturated carbocycles. The van der Waals surface area contributed by atoms with Gasteiger partial charge < -0.3 is 14.6 Å². The molecule has 4 heterocycles. The summed E-state index contributed by atoms with van der Waals surface area (Å²) in [5, 5.41) is 15.6. The largest absolute Gasteiger partial charge is 0.389 e. The highest BCUT2D eigenvalue weighted by molar-refractivity contribution is 7.89. The Morgan fingerprint density at radius 1 is 1.36 bits per heavy atom. The number of aromatic nitrogens is 2. The van der Waals surface area contributed by atoms with Crippen molar-refractivity contribution in [2.24, 2.45) is 11.8 Å². The monoisotopic (exact) mass is 371 g/mol. The number of ether oxygens (including phenoxy) is 2. The first-order valence-corrected chi connectivity index (χ1v) is 10.3. The molecule has 0 amide bonds. The van der Waals surface area contributed by atoms with Gasteiger partial charge >= 0.3 is 0 Å². The van der Waals surface area contributed by atoms with E-state index in [0.717, 1.165) is 0 Å². The zero-order valence-corrected chi connectivity index (χ0v) is 15.2. The normalized spacial score (nSPS) is 36.6. The fourth-order valence-corrected chi connectivity index (χ4v) is 6.48. The lowest BCUT2D eigenvalue weighted by atomic mass is 9.67. The van der Waals surface area contributed by atoms with Crippen molar-refractivity contribution >= 4 is 10.0 Å². The van der Waals surface area contributed by atoms with E-state index >= 15 is 0 Å². The lowest BCUT2D eigenvalue weighted by Gasteiger charge is -2.56. The fourth-order valence-electron chi connectivity index (χ4n) is 4.58. The summed E-state index contributed by atoms with van der Waals surface area (Å²) in [4.78, 5) is 0. The van der Waals surface area contributed by atoms with Crippen molar-refractivity contribution in [1.82, 2.24) is 14.1 Å². The van der Waals surface area contributed by atoms with E-state index in [4.69, 9.17) is 9.47 Å². The molecule has 140 valence electrons. The van der Waals surface area contributed by atoms with Gasteiger partial charge in [-0.05, 0) is 19.4 Å². The van der Waals surface area contributed by atoms with Crippen LogP contribution in [0.2, 0.25) is 0 Å². The van der Waals surface area contributed by atoms with Crippen molar-refractivity contribution in [3.63, 3.8) is 0 Å². The number of piperidine rings is 1. The van der Waals surface area contributed by atoms with Crippen molar-refractivity contribution in [3.05, 3.63) is 12.3 Å². The van der Waals surface area contributed by atoms with Crippen LogP contribution in [0, 0.1) is 11.8 Å². The molecule has 4 atom stereocenters. The van der Waals surface area contributed by atoms with Crippen LogP contribution in [-0.2, 0) is 26.0 Å². The van der Waals surface area contributed by atoms with Gasteiger partial charge in [-0.3, -0.25) is 4.68 Å². The summed E-state index contributed by atoms with van der Waals surface area (Å²) in [6, 6.07) is 1.30. The second-order valence-electron chi connectivity index (χ2n) is 7.11. The van der Waals surface area contributed by atoms with Gasteiger partial charge in [0.1, 0.15) is 0 Å². The molecule has 0 aliphatic carbocycles.